The van der Waals surface area contributed by atoms with E-state index in [0.717, 1.165) is 5.56 Å². The number of nitriles is 1. The van der Waals surface area contributed by atoms with Crippen molar-refractivity contribution in [3.63, 3.8) is 0 Å². The fraction of sp³-hybridized carbons (Fsp3) is 0.417. The molecular weight excluding hydrogens is 190 g/mol. The summed E-state index contributed by atoms with van der Waals surface area (Å²) in [6, 6.07) is 7.40. The maximum atomic E-state index is 8.75. The van der Waals surface area contributed by atoms with Crippen LogP contribution in [0.15, 0.2) is 18.2 Å². The Labute approximate surface area is 90.9 Å². The van der Waals surface area contributed by atoms with E-state index in [1.54, 1.807) is 12.1 Å². The van der Waals surface area contributed by atoms with Crippen LogP contribution in [0.25, 0.3) is 0 Å². The van der Waals surface area contributed by atoms with Gasteiger partial charge in [-0.3, -0.25) is 0 Å². The maximum absolute atomic E-state index is 8.75. The van der Waals surface area contributed by atoms with Crippen molar-refractivity contribution in [2.24, 2.45) is 0 Å². The van der Waals surface area contributed by atoms with Gasteiger partial charge >= 0.3 is 0 Å². The summed E-state index contributed by atoms with van der Waals surface area (Å²) in [5, 5.41) is 17.3. The zero-order valence-corrected chi connectivity index (χ0v) is 9.45. The van der Waals surface area contributed by atoms with Crippen LogP contribution in [0.4, 0.5) is 0 Å². The summed E-state index contributed by atoms with van der Waals surface area (Å²) in [5.41, 5.74) is 1.53. The summed E-state index contributed by atoms with van der Waals surface area (Å²) in [4.78, 5) is 0. The Morgan fingerprint density at radius 1 is 1.40 bits per heavy atom. The van der Waals surface area contributed by atoms with Gasteiger partial charge in [-0.15, -0.1) is 0 Å². The van der Waals surface area contributed by atoms with Crippen molar-refractivity contribution in [3.05, 3.63) is 29.3 Å². The number of aliphatic hydroxyl groups is 1. The highest BCUT2D eigenvalue weighted by Crippen LogP contribution is 2.18. The fourth-order valence-electron chi connectivity index (χ4n) is 1.01. The number of aliphatic hydroxyl groups excluding tert-OH is 1. The molecule has 1 aromatic rings. The van der Waals surface area contributed by atoms with Crippen LogP contribution >= 0.6 is 0 Å². The molecule has 1 rings (SSSR count). The van der Waals surface area contributed by atoms with Crippen molar-refractivity contribution >= 4 is 0 Å². The van der Waals surface area contributed by atoms with E-state index in [1.807, 2.05) is 32.9 Å². The topological polar surface area (TPSA) is 53.2 Å². The van der Waals surface area contributed by atoms with Gasteiger partial charge in [-0.05, 0) is 24.6 Å². The second kappa shape index (κ2) is 7.84. The first kappa shape index (κ1) is 13.5. The third kappa shape index (κ3) is 4.48. The van der Waals surface area contributed by atoms with Gasteiger partial charge in [0.05, 0.1) is 12.2 Å². The smallest absolute Gasteiger partial charge is 0.137 e. The first-order valence-corrected chi connectivity index (χ1v) is 5.02. The van der Waals surface area contributed by atoms with Gasteiger partial charge in [0, 0.05) is 0 Å². The molecular formula is C12H17NO2. The van der Waals surface area contributed by atoms with Crippen LogP contribution in [-0.4, -0.2) is 18.3 Å². The van der Waals surface area contributed by atoms with Crippen LogP contribution in [-0.2, 0) is 0 Å². The van der Waals surface area contributed by atoms with E-state index in [0.29, 0.717) is 11.3 Å². The molecule has 0 aliphatic heterocycles. The third-order valence-electron chi connectivity index (χ3n) is 1.60. The van der Waals surface area contributed by atoms with Crippen LogP contribution in [0.5, 0.6) is 5.75 Å². The van der Waals surface area contributed by atoms with Crippen molar-refractivity contribution in [2.45, 2.75) is 20.8 Å². The summed E-state index contributed by atoms with van der Waals surface area (Å²) < 4.78 is 5.16. The van der Waals surface area contributed by atoms with Gasteiger partial charge in [-0.1, -0.05) is 19.9 Å². The average Bonchev–Trinajstić information content (AvgIpc) is 2.30. The maximum Gasteiger partial charge on any atom is 0.137 e. The predicted molar refractivity (Wildman–Crippen MR) is 59.8 cm³/mol. The Bertz CT molecular complexity index is 329. The molecule has 0 atom stereocenters. The molecule has 1 aromatic carbocycles. The zero-order valence-electron chi connectivity index (χ0n) is 9.45. The van der Waals surface area contributed by atoms with Gasteiger partial charge < -0.3 is 9.84 Å². The van der Waals surface area contributed by atoms with Crippen LogP contribution in [0.1, 0.15) is 25.0 Å². The largest absolute Gasteiger partial charge is 0.490 e. The third-order valence-corrected chi connectivity index (χ3v) is 1.60. The number of hydrogen-bond donors (Lipinski definition) is 1. The van der Waals surface area contributed by atoms with Gasteiger partial charge in [0.25, 0.3) is 0 Å². The Morgan fingerprint density at radius 3 is 2.60 bits per heavy atom. The molecule has 0 bridgehead atoms. The number of benzene rings is 1. The molecule has 3 nitrogen and oxygen atoms in total. The predicted octanol–water partition coefficient (Wildman–Crippen LogP) is 2.26. The summed E-state index contributed by atoms with van der Waals surface area (Å²) in [5.74, 6) is 0.530. The molecule has 0 radical (unpaired) electrons. The van der Waals surface area contributed by atoms with Gasteiger partial charge in [0.15, 0.2) is 0 Å². The molecule has 0 aliphatic rings. The molecule has 0 unspecified atom stereocenters. The van der Waals surface area contributed by atoms with Crippen LogP contribution in [0.2, 0.25) is 0 Å². The van der Waals surface area contributed by atoms with Crippen molar-refractivity contribution in [1.29, 1.82) is 5.26 Å². The lowest BCUT2D eigenvalue weighted by Crippen LogP contribution is -2.02. The molecule has 82 valence electrons. The lowest BCUT2D eigenvalue weighted by Gasteiger charge is -2.05. The van der Waals surface area contributed by atoms with Crippen molar-refractivity contribution < 1.29 is 9.84 Å². The lowest BCUT2D eigenvalue weighted by molar-refractivity contribution is 0.201. The average molecular weight is 207 g/mol. The van der Waals surface area contributed by atoms with Gasteiger partial charge in [0.1, 0.15) is 18.4 Å². The van der Waals surface area contributed by atoms with Gasteiger partial charge in [-0.25, -0.2) is 0 Å². The minimum atomic E-state index is -0.0429. The van der Waals surface area contributed by atoms with Crippen molar-refractivity contribution in [1.82, 2.24) is 0 Å². The summed E-state index contributed by atoms with van der Waals surface area (Å²) in [6.07, 6.45) is 0. The SMILES string of the molecule is CC.Cc1ccc(OCCO)c(C#N)c1. The Kier molecular flexibility index (Phi) is 7.04. The second-order valence-corrected chi connectivity index (χ2v) is 2.68. The molecule has 0 heterocycles. The second-order valence-electron chi connectivity index (χ2n) is 2.68. The molecule has 15 heavy (non-hydrogen) atoms. The number of aryl methyl sites for hydroxylation is 1. The molecule has 0 aromatic heterocycles. The van der Waals surface area contributed by atoms with Crippen molar-refractivity contribution in [2.75, 3.05) is 13.2 Å². The van der Waals surface area contributed by atoms with E-state index in [-0.39, 0.29) is 13.2 Å². The highest BCUT2D eigenvalue weighted by Gasteiger charge is 2.01. The molecule has 0 saturated carbocycles. The molecule has 3 heteroatoms. The zero-order chi connectivity index (χ0) is 11.7. The van der Waals surface area contributed by atoms with E-state index < -0.39 is 0 Å². The number of nitrogens with zero attached hydrogens (tertiary/aromatic N) is 1. The summed E-state index contributed by atoms with van der Waals surface area (Å²) >= 11 is 0. The fourth-order valence-corrected chi connectivity index (χ4v) is 1.01. The molecule has 0 saturated heterocycles. The van der Waals surface area contributed by atoms with Crippen LogP contribution in [0, 0.1) is 18.3 Å². The molecule has 0 aliphatic carbocycles. The minimum Gasteiger partial charge on any atom is -0.490 e. The minimum absolute atomic E-state index is 0.0429. The van der Waals surface area contributed by atoms with Crippen molar-refractivity contribution in [3.8, 4) is 11.8 Å². The Hall–Kier alpha value is -1.53. The highest BCUT2D eigenvalue weighted by molar-refractivity contribution is 5.45. The van der Waals surface area contributed by atoms with Crippen LogP contribution in [0.3, 0.4) is 0 Å². The lowest BCUT2D eigenvalue weighted by atomic mass is 10.1. The van der Waals surface area contributed by atoms with E-state index >= 15 is 0 Å². The standard InChI is InChI=1S/C10H11NO2.C2H6/c1-8-2-3-10(13-5-4-12)9(6-8)7-11;1-2/h2-3,6,12H,4-5H2,1H3;1-2H3. The monoisotopic (exact) mass is 207 g/mol. The highest BCUT2D eigenvalue weighted by atomic mass is 16.5. The van der Waals surface area contributed by atoms with Gasteiger partial charge in [-0.2, -0.15) is 5.26 Å². The normalized spacial score (nSPS) is 8.47. The molecule has 0 amide bonds. The first-order chi connectivity index (χ1) is 7.27. The molecule has 0 fully saturated rings. The number of hydrogen-bond acceptors (Lipinski definition) is 3. The summed E-state index contributed by atoms with van der Waals surface area (Å²) in [6.45, 7) is 6.09. The van der Waals surface area contributed by atoms with Gasteiger partial charge in [0.2, 0.25) is 0 Å². The molecule has 1 N–H and O–H groups in total. The van der Waals surface area contributed by atoms with E-state index in [2.05, 4.69) is 0 Å². The quantitative estimate of drug-likeness (QED) is 0.827. The number of ether oxygens (including phenoxy) is 1. The van der Waals surface area contributed by atoms with E-state index in [9.17, 15) is 0 Å². The number of rotatable bonds is 3. The molecule has 0 spiro atoms. The summed E-state index contributed by atoms with van der Waals surface area (Å²) in [7, 11) is 0. The Morgan fingerprint density at radius 2 is 2.07 bits per heavy atom. The van der Waals surface area contributed by atoms with E-state index in [4.69, 9.17) is 15.1 Å². The Balaban J connectivity index is 0.000000921. The van der Waals surface area contributed by atoms with E-state index in [1.165, 1.54) is 0 Å². The first-order valence-electron chi connectivity index (χ1n) is 5.02. The van der Waals surface area contributed by atoms with Crippen LogP contribution < -0.4 is 4.74 Å².